The minimum absolute atomic E-state index is 0.173. The molecule has 0 spiro atoms. The lowest BCUT2D eigenvalue weighted by molar-refractivity contribution is -0.139. The van der Waals surface area contributed by atoms with E-state index in [1.807, 2.05) is 36.4 Å². The van der Waals surface area contributed by atoms with Gasteiger partial charge >= 0.3 is 5.97 Å². The monoisotopic (exact) mass is 575 g/mol. The van der Waals surface area contributed by atoms with Crippen LogP contribution in [0.4, 0.5) is 5.69 Å². The van der Waals surface area contributed by atoms with Crippen LogP contribution in [0.1, 0.15) is 5.56 Å². The third-order valence-corrected chi connectivity index (χ3v) is 6.16. The Balaban J connectivity index is 1.88. The summed E-state index contributed by atoms with van der Waals surface area (Å²) < 4.78 is 7.11. The maximum atomic E-state index is 12.8. The highest BCUT2D eigenvalue weighted by Crippen LogP contribution is 2.38. The quantitative estimate of drug-likeness (QED) is 0.310. The minimum Gasteiger partial charge on any atom is -0.480 e. The van der Waals surface area contributed by atoms with E-state index in [9.17, 15) is 9.59 Å². The van der Waals surface area contributed by atoms with E-state index in [0.717, 1.165) is 14.8 Å². The third kappa shape index (κ3) is 4.71. The summed E-state index contributed by atoms with van der Waals surface area (Å²) in [5.74, 6) is -0.771. The Morgan fingerprint density at radius 1 is 1.33 bits per heavy atom. The lowest BCUT2D eigenvalue weighted by atomic mass is 10.2. The molecule has 2 aromatic rings. The summed E-state index contributed by atoms with van der Waals surface area (Å²) in [4.78, 5) is 25.5. The number of thiocarbonyl (C=S) groups is 1. The van der Waals surface area contributed by atoms with Crippen molar-refractivity contribution in [2.45, 2.75) is 0 Å². The molecule has 1 amide bonds. The molecule has 0 radical (unpaired) electrons. The Bertz CT molecular complexity index is 942. The van der Waals surface area contributed by atoms with Crippen molar-refractivity contribution in [1.29, 1.82) is 0 Å². The molecule has 0 bridgehead atoms. The van der Waals surface area contributed by atoms with Crippen LogP contribution in [0.25, 0.3) is 6.08 Å². The van der Waals surface area contributed by atoms with E-state index in [1.165, 1.54) is 16.7 Å². The molecule has 9 heteroatoms. The maximum Gasteiger partial charge on any atom is 0.341 e. The number of para-hydroxylation sites is 1. The van der Waals surface area contributed by atoms with Crippen LogP contribution in [-0.2, 0) is 9.59 Å². The van der Waals surface area contributed by atoms with Gasteiger partial charge in [0, 0.05) is 0 Å². The lowest BCUT2D eigenvalue weighted by Crippen LogP contribution is -2.27. The molecule has 0 saturated carbocycles. The molecule has 27 heavy (non-hydrogen) atoms. The zero-order valence-corrected chi connectivity index (χ0v) is 18.9. The number of aliphatic carboxylic acids is 1. The van der Waals surface area contributed by atoms with Crippen molar-refractivity contribution in [2.24, 2.45) is 0 Å². The van der Waals surface area contributed by atoms with Crippen molar-refractivity contribution >= 4 is 90.5 Å². The number of carbonyl (C=O) groups is 2. The second kappa shape index (κ2) is 8.72. The topological polar surface area (TPSA) is 66.8 Å². The van der Waals surface area contributed by atoms with Gasteiger partial charge in [-0.2, -0.15) is 0 Å². The smallest absolute Gasteiger partial charge is 0.341 e. The van der Waals surface area contributed by atoms with E-state index in [2.05, 4.69) is 38.5 Å². The van der Waals surface area contributed by atoms with Crippen molar-refractivity contribution in [3.8, 4) is 5.75 Å². The molecule has 138 valence electrons. The van der Waals surface area contributed by atoms with Gasteiger partial charge in [0.1, 0.15) is 5.75 Å². The highest BCUT2D eigenvalue weighted by molar-refractivity contribution is 14.1. The van der Waals surface area contributed by atoms with Gasteiger partial charge in [-0.15, -0.1) is 0 Å². The molecule has 0 atom stereocenters. The second-order valence-corrected chi connectivity index (χ2v) is 9.04. The maximum absolute atomic E-state index is 12.8. The molecule has 1 N–H and O–H groups in total. The zero-order chi connectivity index (χ0) is 19.6. The van der Waals surface area contributed by atoms with E-state index < -0.39 is 12.6 Å². The summed E-state index contributed by atoms with van der Waals surface area (Å²) >= 11 is 12.1. The van der Waals surface area contributed by atoms with Gasteiger partial charge in [0.25, 0.3) is 5.91 Å². The first-order valence-electron chi connectivity index (χ1n) is 7.53. The van der Waals surface area contributed by atoms with E-state index >= 15 is 0 Å². The number of ether oxygens (including phenoxy) is 1. The number of hydrogen-bond donors (Lipinski definition) is 1. The molecular weight excluding hydrogens is 565 g/mol. The fourth-order valence-electron chi connectivity index (χ4n) is 2.35. The molecule has 1 fully saturated rings. The molecule has 1 heterocycles. The average molecular weight is 576 g/mol. The van der Waals surface area contributed by atoms with Crippen LogP contribution < -0.4 is 9.64 Å². The number of carbonyl (C=O) groups excluding carboxylic acids is 1. The SMILES string of the molecule is O=C(O)COc1c(Br)cc(/C=C2/SC(=S)N(c3ccccc3)C2=O)cc1I. The number of carboxylic acids is 1. The van der Waals surface area contributed by atoms with Crippen LogP contribution >= 0.6 is 62.5 Å². The minimum atomic E-state index is -1.05. The largest absolute Gasteiger partial charge is 0.480 e. The van der Waals surface area contributed by atoms with E-state index in [-0.39, 0.29) is 5.91 Å². The summed E-state index contributed by atoms with van der Waals surface area (Å²) in [6.07, 6.45) is 1.76. The first kappa shape index (κ1) is 20.3. The van der Waals surface area contributed by atoms with Crippen LogP contribution in [0.2, 0.25) is 0 Å². The van der Waals surface area contributed by atoms with Crippen LogP contribution in [0.15, 0.2) is 51.8 Å². The van der Waals surface area contributed by atoms with Crippen LogP contribution in [0.5, 0.6) is 5.75 Å². The highest BCUT2D eigenvalue weighted by atomic mass is 127. The molecule has 1 aliphatic heterocycles. The predicted octanol–water partition coefficient (Wildman–Crippen LogP) is 4.92. The Labute approximate surface area is 187 Å². The number of thioether (sulfide) groups is 1. The number of carboxylic acid groups (broad SMARTS) is 1. The normalized spacial score (nSPS) is 15.5. The van der Waals surface area contributed by atoms with Gasteiger partial charge in [0.05, 0.1) is 18.6 Å². The Morgan fingerprint density at radius 2 is 2.04 bits per heavy atom. The van der Waals surface area contributed by atoms with Gasteiger partial charge < -0.3 is 9.84 Å². The highest BCUT2D eigenvalue weighted by Gasteiger charge is 2.33. The molecule has 0 unspecified atom stereocenters. The van der Waals surface area contributed by atoms with Crippen molar-refractivity contribution in [1.82, 2.24) is 0 Å². The van der Waals surface area contributed by atoms with Crippen LogP contribution in [-0.4, -0.2) is 27.9 Å². The predicted molar refractivity (Wildman–Crippen MR) is 122 cm³/mol. The van der Waals surface area contributed by atoms with Gasteiger partial charge in [-0.3, -0.25) is 9.69 Å². The summed E-state index contributed by atoms with van der Waals surface area (Å²) in [6.45, 7) is -0.427. The number of hydrogen-bond acceptors (Lipinski definition) is 5. The fraction of sp³-hybridized carbons (Fsp3) is 0.0556. The number of rotatable bonds is 5. The Kier molecular flexibility index (Phi) is 6.56. The lowest BCUT2D eigenvalue weighted by Gasteiger charge is -2.13. The van der Waals surface area contributed by atoms with Crippen molar-refractivity contribution in [2.75, 3.05) is 11.5 Å². The van der Waals surface area contributed by atoms with E-state index in [4.69, 9.17) is 22.1 Å². The second-order valence-electron chi connectivity index (χ2n) is 5.35. The number of halogens is 2. The molecule has 2 aromatic carbocycles. The van der Waals surface area contributed by atoms with Crippen molar-refractivity contribution in [3.63, 3.8) is 0 Å². The Morgan fingerprint density at radius 3 is 2.67 bits per heavy atom. The summed E-state index contributed by atoms with van der Waals surface area (Å²) in [5.41, 5.74) is 1.51. The van der Waals surface area contributed by atoms with Gasteiger partial charge in [-0.05, 0) is 74.4 Å². The first-order valence-corrected chi connectivity index (χ1v) is 10.6. The zero-order valence-electron chi connectivity index (χ0n) is 13.5. The molecule has 0 aromatic heterocycles. The summed E-state index contributed by atoms with van der Waals surface area (Å²) in [7, 11) is 0. The first-order chi connectivity index (χ1) is 12.9. The Hall–Kier alpha value is -1.43. The molecule has 3 rings (SSSR count). The number of anilines is 1. The fourth-order valence-corrected chi connectivity index (χ4v) is 5.42. The van der Waals surface area contributed by atoms with Gasteiger partial charge in [0.15, 0.2) is 10.9 Å². The molecule has 5 nitrogen and oxygen atoms in total. The van der Waals surface area contributed by atoms with Crippen LogP contribution in [0.3, 0.4) is 0 Å². The van der Waals surface area contributed by atoms with E-state index in [1.54, 1.807) is 12.1 Å². The number of benzene rings is 2. The standard InChI is InChI=1S/C18H11BrINO4S2/c19-12-6-10(7-13(20)16(12)25-9-15(22)23)8-14-17(24)21(18(26)27-14)11-4-2-1-3-5-11/h1-8H,9H2,(H,22,23)/b14-8+. The third-order valence-electron chi connectivity index (χ3n) is 3.47. The average Bonchev–Trinajstić information content (AvgIpc) is 2.88. The van der Waals surface area contributed by atoms with Gasteiger partial charge in [-0.1, -0.05) is 42.2 Å². The number of amides is 1. The van der Waals surface area contributed by atoms with E-state index in [0.29, 0.717) is 19.4 Å². The van der Waals surface area contributed by atoms with Crippen molar-refractivity contribution in [3.05, 3.63) is 61.0 Å². The number of nitrogens with zero attached hydrogens (tertiary/aromatic N) is 1. The van der Waals surface area contributed by atoms with Crippen molar-refractivity contribution < 1.29 is 19.4 Å². The molecular formula is C18H11BrINO4S2. The molecule has 0 aliphatic carbocycles. The van der Waals surface area contributed by atoms with Gasteiger partial charge in [-0.25, -0.2) is 4.79 Å². The summed E-state index contributed by atoms with van der Waals surface area (Å²) in [5, 5.41) is 8.76. The molecule has 1 saturated heterocycles. The van der Waals surface area contributed by atoms with Gasteiger partial charge in [0.2, 0.25) is 0 Å². The molecule has 1 aliphatic rings. The van der Waals surface area contributed by atoms with Crippen LogP contribution in [0, 0.1) is 3.57 Å². The summed E-state index contributed by atoms with van der Waals surface area (Å²) in [6, 6.07) is 12.8.